The highest BCUT2D eigenvalue weighted by atomic mass is 32.2. The molecule has 1 aliphatic rings. The van der Waals surface area contributed by atoms with Gasteiger partial charge >= 0.3 is 0 Å². The standard InChI is InChI=1S/C15H19N3OS/c1-16-11(9-15-17-7-8-18(15)2)13-10-20-14-6-4-3-5-12(14)19-13/h3-8,11,13,16H,9-10H2,1-2H3. The number of fused-ring (bicyclic) bond motifs is 1. The Labute approximate surface area is 123 Å². The lowest BCUT2D eigenvalue weighted by Crippen LogP contribution is -2.45. The summed E-state index contributed by atoms with van der Waals surface area (Å²) in [7, 11) is 4.02. The van der Waals surface area contributed by atoms with Crippen molar-refractivity contribution in [2.45, 2.75) is 23.5 Å². The summed E-state index contributed by atoms with van der Waals surface area (Å²) in [5.74, 6) is 3.04. The summed E-state index contributed by atoms with van der Waals surface area (Å²) in [5.41, 5.74) is 0. The van der Waals surface area contributed by atoms with Gasteiger partial charge in [0.05, 0.1) is 6.04 Å². The lowest BCUT2D eigenvalue weighted by Gasteiger charge is -2.31. The summed E-state index contributed by atoms with van der Waals surface area (Å²) in [6, 6.07) is 8.50. The number of likely N-dealkylation sites (N-methyl/N-ethyl adjacent to an activating group) is 1. The maximum absolute atomic E-state index is 6.15. The molecule has 0 fully saturated rings. The van der Waals surface area contributed by atoms with Gasteiger partial charge in [0.15, 0.2) is 0 Å². The molecule has 2 unspecified atom stereocenters. The van der Waals surface area contributed by atoms with Crippen LogP contribution in [0.4, 0.5) is 0 Å². The predicted molar refractivity (Wildman–Crippen MR) is 81.3 cm³/mol. The number of rotatable bonds is 4. The van der Waals surface area contributed by atoms with E-state index in [2.05, 4.69) is 27.0 Å². The number of benzene rings is 1. The molecule has 0 radical (unpaired) electrons. The Kier molecular flexibility index (Phi) is 3.98. The first-order valence-electron chi connectivity index (χ1n) is 6.80. The predicted octanol–water partition coefficient (Wildman–Crippen LogP) is 2.10. The Morgan fingerprint density at radius 3 is 3.10 bits per heavy atom. The van der Waals surface area contributed by atoms with Crippen LogP contribution >= 0.6 is 11.8 Å². The number of thioether (sulfide) groups is 1. The molecule has 1 N–H and O–H groups in total. The molecule has 2 aromatic rings. The molecule has 0 saturated heterocycles. The van der Waals surface area contributed by atoms with Crippen LogP contribution in [-0.2, 0) is 13.5 Å². The van der Waals surface area contributed by atoms with Crippen molar-refractivity contribution in [2.75, 3.05) is 12.8 Å². The number of hydrogen-bond acceptors (Lipinski definition) is 4. The summed E-state index contributed by atoms with van der Waals surface area (Å²) in [5, 5.41) is 3.38. The molecule has 1 aromatic carbocycles. The van der Waals surface area contributed by atoms with E-state index in [1.54, 1.807) is 0 Å². The summed E-state index contributed by atoms with van der Waals surface area (Å²) in [6.07, 6.45) is 4.85. The molecule has 20 heavy (non-hydrogen) atoms. The van der Waals surface area contributed by atoms with Crippen molar-refractivity contribution < 1.29 is 4.74 Å². The van der Waals surface area contributed by atoms with Crippen molar-refractivity contribution in [1.82, 2.24) is 14.9 Å². The van der Waals surface area contributed by atoms with Crippen molar-refractivity contribution in [2.24, 2.45) is 7.05 Å². The van der Waals surface area contributed by atoms with E-state index in [4.69, 9.17) is 4.74 Å². The lowest BCUT2D eigenvalue weighted by molar-refractivity contribution is 0.168. The van der Waals surface area contributed by atoms with Gasteiger partial charge in [0.1, 0.15) is 17.7 Å². The first-order valence-corrected chi connectivity index (χ1v) is 7.78. The molecule has 2 atom stereocenters. The van der Waals surface area contributed by atoms with Crippen LogP contribution < -0.4 is 10.1 Å². The number of imidazole rings is 1. The average molecular weight is 289 g/mol. The Bertz CT molecular complexity index is 584. The monoisotopic (exact) mass is 289 g/mol. The second kappa shape index (κ2) is 5.89. The molecule has 0 spiro atoms. The van der Waals surface area contributed by atoms with Gasteiger partial charge in [-0.2, -0.15) is 0 Å². The van der Waals surface area contributed by atoms with Crippen molar-refractivity contribution >= 4 is 11.8 Å². The highest BCUT2D eigenvalue weighted by Gasteiger charge is 2.28. The Hall–Kier alpha value is -1.46. The third kappa shape index (κ3) is 2.69. The quantitative estimate of drug-likeness (QED) is 0.935. The van der Waals surface area contributed by atoms with Gasteiger partial charge in [-0.15, -0.1) is 11.8 Å². The molecule has 1 aliphatic heterocycles. The largest absolute Gasteiger partial charge is 0.487 e. The smallest absolute Gasteiger partial charge is 0.133 e. The van der Waals surface area contributed by atoms with E-state index in [0.29, 0.717) is 0 Å². The minimum atomic E-state index is 0.164. The Balaban J connectivity index is 1.73. The number of nitrogens with one attached hydrogen (secondary N) is 1. The third-order valence-electron chi connectivity index (χ3n) is 3.67. The maximum Gasteiger partial charge on any atom is 0.133 e. The normalized spacial score (nSPS) is 19.2. The molecular formula is C15H19N3OS. The van der Waals surface area contributed by atoms with Gasteiger partial charge in [0, 0.05) is 36.5 Å². The molecule has 106 valence electrons. The van der Waals surface area contributed by atoms with Crippen molar-refractivity contribution in [1.29, 1.82) is 0 Å². The van der Waals surface area contributed by atoms with Crippen molar-refractivity contribution in [3.8, 4) is 5.75 Å². The molecule has 4 nitrogen and oxygen atoms in total. The summed E-state index contributed by atoms with van der Waals surface area (Å²) >= 11 is 1.87. The second-order valence-electron chi connectivity index (χ2n) is 4.97. The van der Waals surface area contributed by atoms with E-state index >= 15 is 0 Å². The van der Waals surface area contributed by atoms with E-state index in [1.165, 1.54) is 4.90 Å². The van der Waals surface area contributed by atoms with Gasteiger partial charge < -0.3 is 14.6 Å². The zero-order valence-electron chi connectivity index (χ0n) is 11.7. The molecule has 0 aliphatic carbocycles. The molecule has 0 bridgehead atoms. The van der Waals surface area contributed by atoms with Crippen LogP contribution in [0.25, 0.3) is 0 Å². The van der Waals surface area contributed by atoms with Crippen LogP contribution in [-0.4, -0.2) is 34.5 Å². The molecule has 0 saturated carbocycles. The maximum atomic E-state index is 6.15. The van der Waals surface area contributed by atoms with E-state index in [0.717, 1.165) is 23.7 Å². The average Bonchev–Trinajstić information content (AvgIpc) is 2.89. The first-order chi connectivity index (χ1) is 9.78. The zero-order chi connectivity index (χ0) is 13.9. The molecule has 3 rings (SSSR count). The third-order valence-corrected chi connectivity index (χ3v) is 4.82. The van der Waals surface area contributed by atoms with Crippen LogP contribution in [0.15, 0.2) is 41.6 Å². The highest BCUT2D eigenvalue weighted by Crippen LogP contribution is 2.35. The molecular weight excluding hydrogens is 270 g/mol. The van der Waals surface area contributed by atoms with Gasteiger partial charge in [0.25, 0.3) is 0 Å². The molecule has 5 heteroatoms. The number of hydrogen-bond donors (Lipinski definition) is 1. The Morgan fingerprint density at radius 2 is 2.35 bits per heavy atom. The van der Waals surface area contributed by atoms with E-state index in [1.807, 2.05) is 50.4 Å². The highest BCUT2D eigenvalue weighted by molar-refractivity contribution is 7.99. The van der Waals surface area contributed by atoms with Crippen LogP contribution in [0.2, 0.25) is 0 Å². The minimum absolute atomic E-state index is 0.164. The van der Waals surface area contributed by atoms with Crippen molar-refractivity contribution in [3.63, 3.8) is 0 Å². The molecule has 0 amide bonds. The van der Waals surface area contributed by atoms with Crippen LogP contribution in [0.5, 0.6) is 5.75 Å². The van der Waals surface area contributed by atoms with Gasteiger partial charge in [-0.05, 0) is 19.2 Å². The van der Waals surface area contributed by atoms with Crippen LogP contribution in [0, 0.1) is 0 Å². The second-order valence-corrected chi connectivity index (χ2v) is 6.03. The Morgan fingerprint density at radius 1 is 1.50 bits per heavy atom. The summed E-state index contributed by atoms with van der Waals surface area (Å²) in [6.45, 7) is 0. The molecule has 1 aromatic heterocycles. The fourth-order valence-corrected chi connectivity index (χ4v) is 3.52. The zero-order valence-corrected chi connectivity index (χ0v) is 12.6. The molecule has 2 heterocycles. The van der Waals surface area contributed by atoms with Crippen LogP contribution in [0.1, 0.15) is 5.82 Å². The van der Waals surface area contributed by atoms with Gasteiger partial charge in [-0.3, -0.25) is 0 Å². The number of aromatic nitrogens is 2. The number of aryl methyl sites for hydroxylation is 1. The topological polar surface area (TPSA) is 39.1 Å². The first kappa shape index (κ1) is 13.5. The number of ether oxygens (including phenoxy) is 1. The lowest BCUT2D eigenvalue weighted by atomic mass is 10.1. The van der Waals surface area contributed by atoms with Crippen LogP contribution in [0.3, 0.4) is 0 Å². The van der Waals surface area contributed by atoms with Gasteiger partial charge in [-0.25, -0.2) is 4.98 Å². The summed E-state index contributed by atoms with van der Waals surface area (Å²) in [4.78, 5) is 5.64. The number of nitrogens with zero attached hydrogens (tertiary/aromatic N) is 2. The number of para-hydroxylation sites is 1. The van der Waals surface area contributed by atoms with E-state index in [9.17, 15) is 0 Å². The van der Waals surface area contributed by atoms with E-state index in [-0.39, 0.29) is 12.1 Å². The SMILES string of the molecule is CNC(Cc1nccn1C)C1CSc2ccccc2O1. The van der Waals surface area contributed by atoms with Crippen molar-refractivity contribution in [3.05, 3.63) is 42.5 Å². The fourth-order valence-electron chi connectivity index (χ4n) is 2.44. The summed E-state index contributed by atoms with van der Waals surface area (Å²) < 4.78 is 8.22. The fraction of sp³-hybridized carbons (Fsp3) is 0.400. The van der Waals surface area contributed by atoms with Gasteiger partial charge in [-0.1, -0.05) is 12.1 Å². The van der Waals surface area contributed by atoms with Gasteiger partial charge in [0.2, 0.25) is 0 Å². The van der Waals surface area contributed by atoms with E-state index < -0.39 is 0 Å². The minimum Gasteiger partial charge on any atom is -0.487 e.